The van der Waals surface area contributed by atoms with E-state index in [1.54, 1.807) is 0 Å². The number of aromatic nitrogens is 3. The van der Waals surface area contributed by atoms with Crippen molar-refractivity contribution in [1.29, 1.82) is 0 Å². The lowest BCUT2D eigenvalue weighted by Gasteiger charge is -2.06. The van der Waals surface area contributed by atoms with Gasteiger partial charge < -0.3 is 10.6 Å². The first kappa shape index (κ1) is 15.2. The molecule has 0 aliphatic carbocycles. The number of carbonyl (C=O) groups excluding carboxylic acids is 1. The van der Waals surface area contributed by atoms with Crippen LogP contribution < -0.4 is 10.6 Å². The molecule has 0 saturated carbocycles. The molecule has 0 fully saturated rings. The second-order valence-corrected chi connectivity index (χ2v) is 5.13. The molecular weight excluding hydrogens is 266 g/mol. The Morgan fingerprint density at radius 1 is 1.38 bits per heavy atom. The van der Waals surface area contributed by atoms with E-state index in [9.17, 15) is 4.79 Å². The quantitative estimate of drug-likeness (QED) is 0.761. The minimum absolute atomic E-state index is 0.163. The van der Waals surface area contributed by atoms with Crippen LogP contribution in [0.1, 0.15) is 48.7 Å². The third kappa shape index (κ3) is 4.13. The van der Waals surface area contributed by atoms with Gasteiger partial charge in [-0.3, -0.25) is 9.89 Å². The van der Waals surface area contributed by atoms with Crippen LogP contribution in [0.5, 0.6) is 0 Å². The van der Waals surface area contributed by atoms with E-state index < -0.39 is 0 Å². The van der Waals surface area contributed by atoms with E-state index >= 15 is 0 Å². The minimum Gasteiger partial charge on any atom is -0.319 e. The summed E-state index contributed by atoms with van der Waals surface area (Å²) in [5, 5.41) is 12.8. The van der Waals surface area contributed by atoms with Gasteiger partial charge in [0, 0.05) is 18.2 Å². The molecule has 1 heterocycles. The maximum atomic E-state index is 12.1. The molecule has 0 unspecified atom stereocenters. The van der Waals surface area contributed by atoms with Gasteiger partial charge in [-0.2, -0.15) is 0 Å². The molecule has 0 aliphatic heterocycles. The average molecular weight is 287 g/mol. The van der Waals surface area contributed by atoms with E-state index in [-0.39, 0.29) is 17.6 Å². The van der Waals surface area contributed by atoms with E-state index in [0.717, 1.165) is 24.3 Å². The summed E-state index contributed by atoms with van der Waals surface area (Å²) in [5.41, 5.74) is 1.86. The Morgan fingerprint density at radius 3 is 2.86 bits per heavy atom. The molecule has 1 amide bonds. The highest BCUT2D eigenvalue weighted by atomic mass is 16.2. The van der Waals surface area contributed by atoms with Crippen LogP contribution >= 0.6 is 0 Å². The number of aromatic amines is 1. The van der Waals surface area contributed by atoms with Gasteiger partial charge in [-0.15, -0.1) is 5.10 Å². The highest BCUT2D eigenvalue weighted by molar-refractivity contribution is 6.01. The molecular formula is C15H21N5O. The first-order valence-electron chi connectivity index (χ1n) is 7.13. The Hall–Kier alpha value is -2.21. The van der Waals surface area contributed by atoms with Gasteiger partial charge in [-0.1, -0.05) is 32.9 Å². The lowest BCUT2D eigenvalue weighted by atomic mass is 10.2. The number of nitrogens with zero attached hydrogens (tertiary/aromatic N) is 2. The highest BCUT2D eigenvalue weighted by Gasteiger charge is 2.14. The summed E-state index contributed by atoms with van der Waals surface area (Å²) in [4.78, 5) is 16.3. The van der Waals surface area contributed by atoms with Crippen molar-refractivity contribution >= 4 is 11.6 Å². The molecule has 0 aliphatic rings. The zero-order chi connectivity index (χ0) is 15.2. The van der Waals surface area contributed by atoms with E-state index in [2.05, 4.69) is 32.7 Å². The zero-order valence-electron chi connectivity index (χ0n) is 12.6. The zero-order valence-corrected chi connectivity index (χ0v) is 12.6. The Labute approximate surface area is 124 Å². The SMILES string of the molecule is CCNCc1cccc(NC(=O)c2n[nH]c(C(C)C)n2)c1. The monoisotopic (exact) mass is 287 g/mol. The third-order valence-corrected chi connectivity index (χ3v) is 3.02. The van der Waals surface area contributed by atoms with Gasteiger partial charge in [0.05, 0.1) is 0 Å². The summed E-state index contributed by atoms with van der Waals surface area (Å²) in [6, 6.07) is 7.72. The molecule has 2 rings (SSSR count). The number of hydrogen-bond donors (Lipinski definition) is 3. The largest absolute Gasteiger partial charge is 0.319 e. The Kier molecular flexibility index (Phi) is 5.05. The summed E-state index contributed by atoms with van der Waals surface area (Å²) in [7, 11) is 0. The molecule has 0 spiro atoms. The van der Waals surface area contributed by atoms with Gasteiger partial charge in [0.25, 0.3) is 5.91 Å². The van der Waals surface area contributed by atoms with E-state index in [4.69, 9.17) is 0 Å². The van der Waals surface area contributed by atoms with Crippen molar-refractivity contribution in [3.8, 4) is 0 Å². The molecule has 1 aromatic carbocycles. The molecule has 21 heavy (non-hydrogen) atoms. The number of amides is 1. The second kappa shape index (κ2) is 6.99. The number of H-pyrrole nitrogens is 1. The van der Waals surface area contributed by atoms with Crippen molar-refractivity contribution in [3.63, 3.8) is 0 Å². The standard InChI is InChI=1S/C15H21N5O/c1-4-16-9-11-6-5-7-12(8-11)17-15(21)14-18-13(10(2)3)19-20-14/h5-8,10,16H,4,9H2,1-3H3,(H,17,21)(H,18,19,20). The average Bonchev–Trinajstić information content (AvgIpc) is 2.95. The number of nitrogens with one attached hydrogen (secondary N) is 3. The van der Waals surface area contributed by atoms with Crippen molar-refractivity contribution in [3.05, 3.63) is 41.5 Å². The van der Waals surface area contributed by atoms with Crippen LogP contribution in [-0.4, -0.2) is 27.6 Å². The smallest absolute Gasteiger partial charge is 0.295 e. The highest BCUT2D eigenvalue weighted by Crippen LogP contribution is 2.12. The molecule has 3 N–H and O–H groups in total. The summed E-state index contributed by atoms with van der Waals surface area (Å²) in [6.45, 7) is 7.73. The van der Waals surface area contributed by atoms with Crippen molar-refractivity contribution in [2.45, 2.75) is 33.2 Å². The van der Waals surface area contributed by atoms with Crippen LogP contribution in [0.3, 0.4) is 0 Å². The predicted octanol–water partition coefficient (Wildman–Crippen LogP) is 2.29. The van der Waals surface area contributed by atoms with Gasteiger partial charge in [0.2, 0.25) is 5.82 Å². The molecule has 1 aromatic heterocycles. The first-order valence-corrected chi connectivity index (χ1v) is 7.13. The summed E-state index contributed by atoms with van der Waals surface area (Å²) in [5.74, 6) is 0.776. The first-order chi connectivity index (χ1) is 10.1. The van der Waals surface area contributed by atoms with Crippen molar-refractivity contribution < 1.29 is 4.79 Å². The van der Waals surface area contributed by atoms with Crippen molar-refractivity contribution in [1.82, 2.24) is 20.5 Å². The third-order valence-electron chi connectivity index (χ3n) is 3.02. The van der Waals surface area contributed by atoms with Crippen molar-refractivity contribution in [2.75, 3.05) is 11.9 Å². The van der Waals surface area contributed by atoms with Gasteiger partial charge in [-0.25, -0.2) is 4.98 Å². The predicted molar refractivity (Wildman–Crippen MR) is 82.2 cm³/mol. The minimum atomic E-state index is -0.307. The second-order valence-electron chi connectivity index (χ2n) is 5.13. The summed E-state index contributed by atoms with van der Waals surface area (Å²) >= 11 is 0. The Morgan fingerprint density at radius 2 is 2.19 bits per heavy atom. The summed E-state index contributed by atoms with van der Waals surface area (Å²) in [6.07, 6.45) is 0. The number of rotatable bonds is 6. The number of hydrogen-bond acceptors (Lipinski definition) is 4. The fourth-order valence-corrected chi connectivity index (χ4v) is 1.85. The molecule has 6 nitrogen and oxygen atoms in total. The Bertz CT molecular complexity index is 606. The van der Waals surface area contributed by atoms with Crippen LogP contribution in [0.25, 0.3) is 0 Å². The molecule has 112 valence electrons. The van der Waals surface area contributed by atoms with Crippen LogP contribution in [0, 0.1) is 0 Å². The molecule has 0 bridgehead atoms. The van der Waals surface area contributed by atoms with Gasteiger partial charge in [0.1, 0.15) is 5.82 Å². The van der Waals surface area contributed by atoms with Gasteiger partial charge in [-0.05, 0) is 24.2 Å². The number of benzene rings is 1. The van der Waals surface area contributed by atoms with Gasteiger partial charge in [0.15, 0.2) is 0 Å². The van der Waals surface area contributed by atoms with Crippen LogP contribution in [0.15, 0.2) is 24.3 Å². The molecule has 0 atom stereocenters. The topological polar surface area (TPSA) is 82.7 Å². The fourth-order valence-electron chi connectivity index (χ4n) is 1.85. The molecule has 2 aromatic rings. The fraction of sp³-hybridized carbons (Fsp3) is 0.400. The van der Waals surface area contributed by atoms with Gasteiger partial charge >= 0.3 is 0 Å². The lowest BCUT2D eigenvalue weighted by molar-refractivity contribution is 0.101. The van der Waals surface area contributed by atoms with Crippen LogP contribution in [0.4, 0.5) is 5.69 Å². The Balaban J connectivity index is 2.04. The molecule has 0 saturated heterocycles. The van der Waals surface area contributed by atoms with Crippen LogP contribution in [-0.2, 0) is 6.54 Å². The summed E-state index contributed by atoms with van der Waals surface area (Å²) < 4.78 is 0. The molecule has 0 radical (unpaired) electrons. The maximum absolute atomic E-state index is 12.1. The normalized spacial score (nSPS) is 10.9. The number of carbonyl (C=O) groups is 1. The van der Waals surface area contributed by atoms with Crippen molar-refractivity contribution in [2.24, 2.45) is 0 Å². The van der Waals surface area contributed by atoms with Crippen LogP contribution in [0.2, 0.25) is 0 Å². The van der Waals surface area contributed by atoms with E-state index in [1.165, 1.54) is 0 Å². The lowest BCUT2D eigenvalue weighted by Crippen LogP contribution is -2.15. The maximum Gasteiger partial charge on any atom is 0.295 e. The van der Waals surface area contributed by atoms with E-state index in [1.807, 2.05) is 38.1 Å². The number of anilines is 1. The van der Waals surface area contributed by atoms with E-state index in [0.29, 0.717) is 5.82 Å². The molecule has 6 heteroatoms.